The SMILES string of the molecule is CC(C)(C)c1nnc(NNC(=O)c2ccncc2)n(N)c1=O. The molecule has 4 N–H and O–H groups in total. The van der Waals surface area contributed by atoms with Crippen molar-refractivity contribution >= 4 is 11.9 Å². The van der Waals surface area contributed by atoms with Gasteiger partial charge in [-0.1, -0.05) is 20.8 Å². The average Bonchev–Trinajstić information content (AvgIpc) is 2.48. The van der Waals surface area contributed by atoms with Crippen molar-refractivity contribution in [2.75, 3.05) is 11.3 Å². The molecule has 0 aliphatic carbocycles. The quantitative estimate of drug-likeness (QED) is 0.529. The zero-order valence-corrected chi connectivity index (χ0v) is 12.5. The summed E-state index contributed by atoms with van der Waals surface area (Å²) in [5.74, 6) is 5.19. The van der Waals surface area contributed by atoms with E-state index in [1.807, 2.05) is 20.8 Å². The van der Waals surface area contributed by atoms with Gasteiger partial charge in [0.25, 0.3) is 17.4 Å². The van der Waals surface area contributed by atoms with Crippen LogP contribution in [-0.4, -0.2) is 25.8 Å². The first-order valence-electron chi connectivity index (χ1n) is 6.52. The highest BCUT2D eigenvalue weighted by atomic mass is 16.2. The molecule has 0 spiro atoms. The molecular weight excluding hydrogens is 286 g/mol. The largest absolute Gasteiger partial charge is 0.333 e. The zero-order chi connectivity index (χ0) is 16.3. The topological polar surface area (TPSA) is 128 Å². The third-order valence-corrected chi connectivity index (χ3v) is 2.84. The van der Waals surface area contributed by atoms with Crippen LogP contribution >= 0.6 is 0 Å². The maximum Gasteiger partial charge on any atom is 0.295 e. The summed E-state index contributed by atoms with van der Waals surface area (Å²) in [5, 5.41) is 7.69. The maximum atomic E-state index is 12.1. The molecule has 2 rings (SSSR count). The summed E-state index contributed by atoms with van der Waals surface area (Å²) < 4.78 is 0.806. The number of nitrogens with two attached hydrogens (primary N) is 1. The number of amides is 1. The normalized spacial score (nSPS) is 11.0. The van der Waals surface area contributed by atoms with Crippen LogP contribution in [0, 0.1) is 0 Å². The lowest BCUT2D eigenvalue weighted by Gasteiger charge is -2.17. The first-order valence-corrected chi connectivity index (χ1v) is 6.52. The number of anilines is 1. The number of hydrazine groups is 1. The number of nitrogens with zero attached hydrogens (tertiary/aromatic N) is 4. The summed E-state index contributed by atoms with van der Waals surface area (Å²) in [6, 6.07) is 3.09. The lowest BCUT2D eigenvalue weighted by Crippen LogP contribution is -2.41. The molecule has 0 fully saturated rings. The Hall–Kier alpha value is -2.97. The van der Waals surface area contributed by atoms with E-state index >= 15 is 0 Å². The Bertz CT molecular complexity index is 734. The molecule has 0 aromatic carbocycles. The molecule has 0 aliphatic heterocycles. The molecule has 116 valence electrons. The number of hydrogen-bond donors (Lipinski definition) is 3. The standard InChI is InChI=1S/C13H17N7O2/c1-13(2,3)9-11(22)20(14)12(18-16-9)19-17-10(21)8-4-6-15-7-5-8/h4-7H,14H2,1-3H3,(H,17,21)(H,18,19). The smallest absolute Gasteiger partial charge is 0.295 e. The van der Waals surface area contributed by atoms with Gasteiger partial charge in [-0.3, -0.25) is 25.4 Å². The van der Waals surface area contributed by atoms with E-state index in [1.165, 1.54) is 12.4 Å². The number of nitrogen functional groups attached to an aromatic ring is 1. The van der Waals surface area contributed by atoms with E-state index in [2.05, 4.69) is 26.0 Å². The second-order valence-electron chi connectivity index (χ2n) is 5.61. The number of nitrogens with one attached hydrogen (secondary N) is 2. The lowest BCUT2D eigenvalue weighted by molar-refractivity contribution is 0.0962. The van der Waals surface area contributed by atoms with Crippen LogP contribution in [-0.2, 0) is 5.41 Å². The third kappa shape index (κ3) is 3.19. The number of pyridine rings is 1. The maximum absolute atomic E-state index is 12.1. The molecule has 0 saturated heterocycles. The van der Waals surface area contributed by atoms with Crippen molar-refractivity contribution in [3.63, 3.8) is 0 Å². The van der Waals surface area contributed by atoms with Crippen LogP contribution in [0.25, 0.3) is 0 Å². The molecule has 0 bridgehead atoms. The molecule has 22 heavy (non-hydrogen) atoms. The second-order valence-corrected chi connectivity index (χ2v) is 5.61. The van der Waals surface area contributed by atoms with Crippen LogP contribution < -0.4 is 22.3 Å². The molecule has 2 aromatic rings. The van der Waals surface area contributed by atoms with Gasteiger partial charge in [0, 0.05) is 23.4 Å². The van der Waals surface area contributed by atoms with Crippen molar-refractivity contribution in [1.82, 2.24) is 25.3 Å². The summed E-state index contributed by atoms with van der Waals surface area (Å²) in [4.78, 5) is 27.8. The molecule has 9 nitrogen and oxygen atoms in total. The molecular formula is C13H17N7O2. The van der Waals surface area contributed by atoms with Gasteiger partial charge >= 0.3 is 0 Å². The van der Waals surface area contributed by atoms with Gasteiger partial charge in [0.05, 0.1) is 0 Å². The van der Waals surface area contributed by atoms with Crippen molar-refractivity contribution in [3.05, 3.63) is 46.1 Å². The van der Waals surface area contributed by atoms with Crippen molar-refractivity contribution < 1.29 is 4.79 Å². The highest BCUT2D eigenvalue weighted by Gasteiger charge is 2.22. The fourth-order valence-electron chi connectivity index (χ4n) is 1.64. The summed E-state index contributed by atoms with van der Waals surface area (Å²) >= 11 is 0. The zero-order valence-electron chi connectivity index (χ0n) is 12.5. The predicted octanol–water partition coefficient (Wildman–Crippen LogP) is -0.198. The summed E-state index contributed by atoms with van der Waals surface area (Å²) in [6.45, 7) is 5.49. The van der Waals surface area contributed by atoms with Crippen molar-refractivity contribution in [1.29, 1.82) is 0 Å². The molecule has 2 heterocycles. The van der Waals surface area contributed by atoms with Gasteiger partial charge in [-0.05, 0) is 12.1 Å². The molecule has 0 radical (unpaired) electrons. The fraction of sp³-hybridized carbons (Fsp3) is 0.308. The first-order chi connectivity index (χ1) is 10.3. The first kappa shape index (κ1) is 15.4. The van der Waals surface area contributed by atoms with Crippen molar-refractivity contribution in [2.24, 2.45) is 0 Å². The average molecular weight is 303 g/mol. The van der Waals surface area contributed by atoms with Gasteiger partial charge in [-0.2, -0.15) is 4.68 Å². The van der Waals surface area contributed by atoms with E-state index in [0.29, 0.717) is 5.56 Å². The number of carbonyl (C=O) groups excluding carboxylic acids is 1. The Morgan fingerprint density at radius 1 is 1.23 bits per heavy atom. The van der Waals surface area contributed by atoms with E-state index in [9.17, 15) is 9.59 Å². The minimum absolute atomic E-state index is 0.0691. The van der Waals surface area contributed by atoms with Crippen LogP contribution in [0.4, 0.5) is 5.95 Å². The van der Waals surface area contributed by atoms with Crippen molar-refractivity contribution in [3.8, 4) is 0 Å². The summed E-state index contributed by atoms with van der Waals surface area (Å²) in [7, 11) is 0. The highest BCUT2D eigenvalue weighted by molar-refractivity contribution is 5.94. The Morgan fingerprint density at radius 2 is 1.86 bits per heavy atom. The van der Waals surface area contributed by atoms with Gasteiger partial charge in [-0.25, -0.2) is 0 Å². The minimum Gasteiger partial charge on any atom is -0.333 e. The molecule has 0 unspecified atom stereocenters. The highest BCUT2D eigenvalue weighted by Crippen LogP contribution is 2.15. The number of aromatic nitrogens is 4. The van der Waals surface area contributed by atoms with Crippen LogP contribution in [0.5, 0.6) is 0 Å². The summed E-state index contributed by atoms with van der Waals surface area (Å²) in [6.07, 6.45) is 2.98. The van der Waals surface area contributed by atoms with E-state index in [1.54, 1.807) is 12.1 Å². The number of rotatable bonds is 3. The Morgan fingerprint density at radius 3 is 2.45 bits per heavy atom. The van der Waals surface area contributed by atoms with Crippen LogP contribution in [0.15, 0.2) is 29.3 Å². The van der Waals surface area contributed by atoms with E-state index in [4.69, 9.17) is 5.84 Å². The van der Waals surface area contributed by atoms with Gasteiger partial charge in [0.15, 0.2) is 0 Å². The Balaban J connectivity index is 2.17. The van der Waals surface area contributed by atoms with Crippen LogP contribution in [0.1, 0.15) is 36.8 Å². The van der Waals surface area contributed by atoms with Gasteiger partial charge in [-0.15, -0.1) is 10.2 Å². The monoisotopic (exact) mass is 303 g/mol. The van der Waals surface area contributed by atoms with Crippen molar-refractivity contribution in [2.45, 2.75) is 26.2 Å². The van der Waals surface area contributed by atoms with Crippen LogP contribution in [0.2, 0.25) is 0 Å². The molecule has 0 atom stereocenters. The second kappa shape index (κ2) is 5.80. The van der Waals surface area contributed by atoms with Gasteiger partial charge in [0.1, 0.15) is 5.69 Å². The molecule has 1 amide bonds. The fourth-order valence-corrected chi connectivity index (χ4v) is 1.64. The molecule has 0 saturated carbocycles. The van der Waals surface area contributed by atoms with Crippen LogP contribution in [0.3, 0.4) is 0 Å². The Kier molecular flexibility index (Phi) is 4.06. The minimum atomic E-state index is -0.483. The molecule has 0 aliphatic rings. The summed E-state index contributed by atoms with van der Waals surface area (Å²) in [5.41, 5.74) is 4.53. The van der Waals surface area contributed by atoms with E-state index < -0.39 is 16.9 Å². The van der Waals surface area contributed by atoms with Gasteiger partial charge in [0.2, 0.25) is 0 Å². The van der Waals surface area contributed by atoms with Gasteiger partial charge < -0.3 is 5.84 Å². The Labute approximate surface area is 126 Å². The lowest BCUT2D eigenvalue weighted by atomic mass is 9.93. The predicted molar refractivity (Wildman–Crippen MR) is 80.5 cm³/mol. The number of carbonyl (C=O) groups is 1. The third-order valence-electron chi connectivity index (χ3n) is 2.84. The van der Waals surface area contributed by atoms with E-state index in [-0.39, 0.29) is 11.6 Å². The number of hydrogen-bond acceptors (Lipinski definition) is 7. The molecule has 9 heteroatoms. The van der Waals surface area contributed by atoms with E-state index in [0.717, 1.165) is 4.68 Å². The molecule has 2 aromatic heterocycles.